The molecule has 2 unspecified atom stereocenters. The van der Waals surface area contributed by atoms with Crippen LogP contribution in [0.15, 0.2) is 16.3 Å². The number of ether oxygens (including phenoxy) is 2. The highest BCUT2D eigenvalue weighted by Crippen LogP contribution is 2.29. The van der Waals surface area contributed by atoms with Gasteiger partial charge in [0.25, 0.3) is 10.0 Å². The predicted molar refractivity (Wildman–Crippen MR) is 74.2 cm³/mol. The molecule has 19 heavy (non-hydrogen) atoms. The van der Waals surface area contributed by atoms with Crippen molar-refractivity contribution in [1.29, 1.82) is 0 Å². The van der Waals surface area contributed by atoms with Crippen molar-refractivity contribution in [2.24, 2.45) is 0 Å². The molecule has 2 heterocycles. The van der Waals surface area contributed by atoms with E-state index in [4.69, 9.17) is 21.1 Å². The third kappa shape index (κ3) is 2.96. The van der Waals surface area contributed by atoms with Gasteiger partial charge in [-0.05, 0) is 12.1 Å². The highest BCUT2D eigenvalue weighted by atomic mass is 35.5. The van der Waals surface area contributed by atoms with E-state index >= 15 is 0 Å². The molecule has 1 aliphatic rings. The number of hydrogen-bond donors (Lipinski definition) is 0. The van der Waals surface area contributed by atoms with E-state index in [-0.39, 0.29) is 12.2 Å². The first-order chi connectivity index (χ1) is 9.02. The SMILES string of the molecule is COC1CN(S(=O)(=O)c2ccc(CCl)s2)CC1OC. The Morgan fingerprint density at radius 3 is 2.32 bits per heavy atom. The number of halogens is 1. The maximum Gasteiger partial charge on any atom is 0.252 e. The van der Waals surface area contributed by atoms with Gasteiger partial charge in [-0.1, -0.05) is 0 Å². The zero-order valence-corrected chi connectivity index (χ0v) is 13.1. The quantitative estimate of drug-likeness (QED) is 0.770. The molecule has 0 bridgehead atoms. The van der Waals surface area contributed by atoms with E-state index < -0.39 is 10.0 Å². The fraction of sp³-hybridized carbons (Fsp3) is 0.636. The fourth-order valence-corrected chi connectivity index (χ4v) is 5.13. The number of thiophene rings is 1. The van der Waals surface area contributed by atoms with Gasteiger partial charge in [-0.15, -0.1) is 22.9 Å². The lowest BCUT2D eigenvalue weighted by Crippen LogP contribution is -2.29. The van der Waals surface area contributed by atoms with Gasteiger partial charge in [-0.25, -0.2) is 8.42 Å². The molecule has 1 fully saturated rings. The first-order valence-electron chi connectivity index (χ1n) is 5.73. The molecule has 0 saturated carbocycles. The maximum atomic E-state index is 12.5. The van der Waals surface area contributed by atoms with Crippen molar-refractivity contribution >= 4 is 33.0 Å². The summed E-state index contributed by atoms with van der Waals surface area (Å²) in [5, 5.41) is 0. The zero-order valence-electron chi connectivity index (χ0n) is 10.7. The molecule has 0 N–H and O–H groups in total. The summed E-state index contributed by atoms with van der Waals surface area (Å²) in [6.45, 7) is 0.622. The average molecular weight is 326 g/mol. The van der Waals surface area contributed by atoms with Crippen molar-refractivity contribution in [3.63, 3.8) is 0 Å². The number of hydrogen-bond acceptors (Lipinski definition) is 5. The van der Waals surface area contributed by atoms with E-state index in [1.807, 2.05) is 0 Å². The number of sulfonamides is 1. The maximum absolute atomic E-state index is 12.5. The molecule has 2 rings (SSSR count). The highest BCUT2D eigenvalue weighted by Gasteiger charge is 2.40. The second-order valence-corrected chi connectivity index (χ2v) is 7.83. The van der Waals surface area contributed by atoms with Gasteiger partial charge in [-0.2, -0.15) is 4.31 Å². The van der Waals surface area contributed by atoms with Gasteiger partial charge in [0, 0.05) is 32.2 Å². The molecule has 8 heteroatoms. The normalized spacial score (nSPS) is 25.0. The Morgan fingerprint density at radius 2 is 1.89 bits per heavy atom. The van der Waals surface area contributed by atoms with Gasteiger partial charge in [0.15, 0.2) is 0 Å². The van der Waals surface area contributed by atoms with Gasteiger partial charge in [0.1, 0.15) is 4.21 Å². The van der Waals surface area contributed by atoms with E-state index in [1.165, 1.54) is 15.6 Å². The Kier molecular flexibility index (Phi) is 4.86. The minimum atomic E-state index is -3.48. The van der Waals surface area contributed by atoms with Crippen LogP contribution in [0.1, 0.15) is 4.88 Å². The Labute approximate surface area is 122 Å². The van der Waals surface area contributed by atoms with Crippen LogP contribution in [0.2, 0.25) is 0 Å². The number of nitrogens with zero attached hydrogens (tertiary/aromatic N) is 1. The van der Waals surface area contributed by atoms with Crippen LogP contribution >= 0.6 is 22.9 Å². The zero-order chi connectivity index (χ0) is 14.0. The van der Waals surface area contributed by atoms with Gasteiger partial charge in [0.05, 0.1) is 18.1 Å². The topological polar surface area (TPSA) is 55.8 Å². The van der Waals surface area contributed by atoms with Crippen LogP contribution < -0.4 is 0 Å². The van der Waals surface area contributed by atoms with E-state index in [1.54, 1.807) is 26.4 Å². The van der Waals surface area contributed by atoms with E-state index in [2.05, 4.69) is 0 Å². The van der Waals surface area contributed by atoms with Crippen LogP contribution in [-0.2, 0) is 25.4 Å². The third-order valence-electron chi connectivity index (χ3n) is 3.15. The number of rotatable bonds is 5. The highest BCUT2D eigenvalue weighted by molar-refractivity contribution is 7.91. The molecule has 1 saturated heterocycles. The van der Waals surface area contributed by atoms with Crippen LogP contribution in [0.4, 0.5) is 0 Å². The van der Waals surface area contributed by atoms with Gasteiger partial charge >= 0.3 is 0 Å². The first-order valence-corrected chi connectivity index (χ1v) is 8.52. The number of methoxy groups -OCH3 is 2. The van der Waals surface area contributed by atoms with Crippen LogP contribution in [0.25, 0.3) is 0 Å². The standard InChI is InChI=1S/C11H16ClNO4S2/c1-16-9-6-13(7-10(9)17-2)19(14,15)11-4-3-8(5-12)18-11/h3-4,9-10H,5-7H2,1-2H3. The summed E-state index contributed by atoms with van der Waals surface area (Å²) in [5.41, 5.74) is 0. The van der Waals surface area contributed by atoms with E-state index in [0.717, 1.165) is 4.88 Å². The molecule has 0 amide bonds. The lowest BCUT2D eigenvalue weighted by molar-refractivity contribution is -0.00461. The first kappa shape index (κ1) is 15.2. The van der Waals surface area contributed by atoms with Crippen LogP contribution in [0, 0.1) is 0 Å². The molecule has 0 radical (unpaired) electrons. The summed E-state index contributed by atoms with van der Waals surface area (Å²) in [4.78, 5) is 0.839. The second-order valence-electron chi connectivity index (χ2n) is 4.22. The average Bonchev–Trinajstić information content (AvgIpc) is 3.05. The summed E-state index contributed by atoms with van der Waals surface area (Å²) in [6, 6.07) is 3.34. The van der Waals surface area contributed by atoms with Crippen molar-refractivity contribution in [2.75, 3.05) is 27.3 Å². The third-order valence-corrected chi connectivity index (χ3v) is 6.98. The fourth-order valence-electron chi connectivity index (χ4n) is 2.06. The minimum absolute atomic E-state index is 0.229. The van der Waals surface area contributed by atoms with Gasteiger partial charge in [0.2, 0.25) is 0 Å². The summed E-state index contributed by atoms with van der Waals surface area (Å²) < 4.78 is 37.2. The molecule has 1 aromatic rings. The van der Waals surface area contributed by atoms with Crippen LogP contribution in [-0.4, -0.2) is 52.2 Å². The number of alkyl halides is 1. The van der Waals surface area contributed by atoms with E-state index in [9.17, 15) is 8.42 Å². The molecular formula is C11H16ClNO4S2. The molecule has 108 valence electrons. The van der Waals surface area contributed by atoms with Crippen LogP contribution in [0.3, 0.4) is 0 Å². The van der Waals surface area contributed by atoms with Crippen LogP contribution in [0.5, 0.6) is 0 Å². The molecule has 0 aromatic carbocycles. The Hall–Kier alpha value is -0.180. The Bertz CT molecular complexity index is 519. The largest absolute Gasteiger partial charge is 0.377 e. The van der Waals surface area contributed by atoms with Crippen molar-refractivity contribution in [3.8, 4) is 0 Å². The van der Waals surface area contributed by atoms with Crippen molar-refractivity contribution in [3.05, 3.63) is 17.0 Å². The van der Waals surface area contributed by atoms with E-state index in [0.29, 0.717) is 23.2 Å². The molecule has 1 aliphatic heterocycles. The van der Waals surface area contributed by atoms with Crippen molar-refractivity contribution < 1.29 is 17.9 Å². The molecule has 0 spiro atoms. The van der Waals surface area contributed by atoms with Gasteiger partial charge in [-0.3, -0.25) is 0 Å². The lowest BCUT2D eigenvalue weighted by atomic mass is 10.3. The smallest absolute Gasteiger partial charge is 0.252 e. The molecular weight excluding hydrogens is 310 g/mol. The monoisotopic (exact) mass is 325 g/mol. The molecule has 1 aromatic heterocycles. The Morgan fingerprint density at radius 1 is 1.32 bits per heavy atom. The molecule has 0 aliphatic carbocycles. The minimum Gasteiger partial charge on any atom is -0.377 e. The predicted octanol–water partition coefficient (Wildman–Crippen LogP) is 1.52. The molecule has 5 nitrogen and oxygen atoms in total. The second kappa shape index (κ2) is 6.07. The summed E-state index contributed by atoms with van der Waals surface area (Å²) >= 11 is 6.90. The summed E-state index contributed by atoms with van der Waals surface area (Å²) in [7, 11) is -0.363. The van der Waals surface area contributed by atoms with Crippen molar-refractivity contribution in [2.45, 2.75) is 22.3 Å². The van der Waals surface area contributed by atoms with Gasteiger partial charge < -0.3 is 9.47 Å². The summed E-state index contributed by atoms with van der Waals surface area (Å²) in [5.74, 6) is 0.321. The molecule has 2 atom stereocenters. The summed E-state index contributed by atoms with van der Waals surface area (Å²) in [6.07, 6.45) is -0.459. The van der Waals surface area contributed by atoms with Crippen molar-refractivity contribution in [1.82, 2.24) is 4.31 Å². The Balaban J connectivity index is 2.21. The lowest BCUT2D eigenvalue weighted by Gasteiger charge is -2.14.